The molecule has 1 aromatic rings. The van der Waals surface area contributed by atoms with Gasteiger partial charge in [-0.1, -0.05) is 26.0 Å². The molecule has 168 valence electrons. The van der Waals surface area contributed by atoms with Gasteiger partial charge in [0.25, 0.3) is 11.8 Å². The second kappa shape index (κ2) is 9.05. The van der Waals surface area contributed by atoms with Crippen LogP contribution in [0.25, 0.3) is 0 Å². The van der Waals surface area contributed by atoms with E-state index in [2.05, 4.69) is 5.32 Å². The largest absolute Gasteiger partial charge is 0.452 e. The zero-order valence-electron chi connectivity index (χ0n) is 18.3. The van der Waals surface area contributed by atoms with Gasteiger partial charge in [-0.2, -0.15) is 0 Å². The molecule has 1 N–H and O–H groups in total. The summed E-state index contributed by atoms with van der Waals surface area (Å²) in [6.07, 6.45) is 0.210. The number of hydrogen-bond acceptors (Lipinski definition) is 6. The molecule has 1 aromatic carbocycles. The van der Waals surface area contributed by atoms with Gasteiger partial charge in [0.2, 0.25) is 11.6 Å². The average Bonchev–Trinajstić information content (AvgIpc) is 3.07. The number of rotatable bonds is 8. The van der Waals surface area contributed by atoms with Crippen LogP contribution in [0.4, 0.5) is 5.69 Å². The number of carbonyl (C=O) groups excluding carboxylic acids is 4. The summed E-state index contributed by atoms with van der Waals surface area (Å²) in [6.45, 7) is 5.70. The fourth-order valence-electron chi connectivity index (χ4n) is 4.22. The summed E-state index contributed by atoms with van der Waals surface area (Å²) in [7, 11) is 1.52. The lowest BCUT2D eigenvalue weighted by molar-refractivity contribution is -0.160. The average molecular weight is 431 g/mol. The second-order valence-corrected chi connectivity index (χ2v) is 8.37. The molecule has 2 aliphatic rings. The first-order valence-corrected chi connectivity index (χ1v) is 10.4. The molecule has 3 rings (SSSR count). The van der Waals surface area contributed by atoms with Crippen LogP contribution in [0.5, 0.6) is 0 Å². The first-order valence-electron chi connectivity index (χ1n) is 10.4. The molecular formula is C22H29N3O6. The Morgan fingerprint density at radius 3 is 2.58 bits per heavy atom. The molecule has 0 aliphatic carbocycles. The number of anilines is 1. The van der Waals surface area contributed by atoms with Gasteiger partial charge < -0.3 is 19.7 Å². The quantitative estimate of drug-likeness (QED) is 0.623. The number of amides is 3. The van der Waals surface area contributed by atoms with E-state index < -0.39 is 24.1 Å². The van der Waals surface area contributed by atoms with E-state index in [9.17, 15) is 19.2 Å². The maximum atomic E-state index is 13.4. The highest BCUT2D eigenvalue weighted by atomic mass is 16.5. The fraction of sp³-hybridized carbons (Fsp3) is 0.545. The summed E-state index contributed by atoms with van der Waals surface area (Å²) in [5, 5.41) is 2.67. The van der Waals surface area contributed by atoms with Gasteiger partial charge in [0.15, 0.2) is 6.61 Å². The third kappa shape index (κ3) is 4.14. The minimum atomic E-state index is -1.59. The van der Waals surface area contributed by atoms with Crippen molar-refractivity contribution in [3.8, 4) is 0 Å². The molecule has 0 spiro atoms. The third-order valence-corrected chi connectivity index (χ3v) is 5.41. The highest BCUT2D eigenvalue weighted by molar-refractivity contribution is 6.15. The molecule has 0 saturated carbocycles. The van der Waals surface area contributed by atoms with Gasteiger partial charge in [-0.3, -0.25) is 19.3 Å². The van der Waals surface area contributed by atoms with Gasteiger partial charge in [-0.05, 0) is 25.0 Å². The molecule has 3 amide bonds. The van der Waals surface area contributed by atoms with Crippen molar-refractivity contribution >= 4 is 29.4 Å². The highest BCUT2D eigenvalue weighted by Crippen LogP contribution is 2.45. The number of esters is 1. The molecule has 0 bridgehead atoms. The van der Waals surface area contributed by atoms with Crippen molar-refractivity contribution in [3.05, 3.63) is 29.8 Å². The molecular weight excluding hydrogens is 402 g/mol. The minimum Gasteiger partial charge on any atom is -0.452 e. The summed E-state index contributed by atoms with van der Waals surface area (Å²) < 4.78 is 10.3. The lowest BCUT2D eigenvalue weighted by Crippen LogP contribution is -2.69. The first kappa shape index (κ1) is 22.7. The molecule has 0 aromatic heterocycles. The Balaban J connectivity index is 1.92. The van der Waals surface area contributed by atoms with E-state index in [1.165, 1.54) is 16.9 Å². The van der Waals surface area contributed by atoms with Gasteiger partial charge >= 0.3 is 5.97 Å². The summed E-state index contributed by atoms with van der Waals surface area (Å²) in [4.78, 5) is 54.6. The van der Waals surface area contributed by atoms with E-state index in [4.69, 9.17) is 9.47 Å². The Morgan fingerprint density at radius 1 is 1.19 bits per heavy atom. The fourth-order valence-corrected chi connectivity index (χ4v) is 4.22. The van der Waals surface area contributed by atoms with Crippen LogP contribution in [0.2, 0.25) is 0 Å². The Bertz CT molecular complexity index is 886. The van der Waals surface area contributed by atoms with E-state index in [0.29, 0.717) is 17.9 Å². The maximum absolute atomic E-state index is 13.4. The van der Waals surface area contributed by atoms with E-state index >= 15 is 0 Å². The third-order valence-electron chi connectivity index (χ3n) is 5.41. The van der Waals surface area contributed by atoms with Crippen LogP contribution in [0, 0.1) is 5.92 Å². The van der Waals surface area contributed by atoms with Gasteiger partial charge in [-0.25, -0.2) is 4.79 Å². The Kier molecular flexibility index (Phi) is 6.64. The molecule has 1 fully saturated rings. The van der Waals surface area contributed by atoms with Crippen LogP contribution in [0.3, 0.4) is 0 Å². The lowest BCUT2D eigenvalue weighted by Gasteiger charge is -2.48. The number of hydrogen-bond donors (Lipinski definition) is 1. The number of fused-ring (bicyclic) bond motifs is 3. The highest BCUT2D eigenvalue weighted by Gasteiger charge is 2.62. The van der Waals surface area contributed by atoms with Crippen LogP contribution in [-0.4, -0.2) is 67.2 Å². The van der Waals surface area contributed by atoms with Crippen LogP contribution < -0.4 is 10.2 Å². The monoisotopic (exact) mass is 431 g/mol. The van der Waals surface area contributed by atoms with Gasteiger partial charge in [-0.15, -0.1) is 0 Å². The predicted molar refractivity (Wildman–Crippen MR) is 112 cm³/mol. The molecule has 31 heavy (non-hydrogen) atoms. The van der Waals surface area contributed by atoms with E-state index in [1.807, 2.05) is 13.8 Å². The van der Waals surface area contributed by atoms with Gasteiger partial charge in [0, 0.05) is 32.5 Å². The summed E-state index contributed by atoms with van der Waals surface area (Å²) in [5.74, 6) is -1.80. The molecule has 9 nitrogen and oxygen atoms in total. The Labute approximate surface area is 181 Å². The van der Waals surface area contributed by atoms with Crippen molar-refractivity contribution in [1.29, 1.82) is 0 Å². The SMILES string of the molecule is COCC(C)NC(=O)COC(=O)C12CCC(=O)N1c1ccccc1C(=O)N2CC(C)C. The molecule has 2 heterocycles. The van der Waals surface area contributed by atoms with Gasteiger partial charge in [0.1, 0.15) is 0 Å². The van der Waals surface area contributed by atoms with Crippen molar-refractivity contribution in [3.63, 3.8) is 0 Å². The normalized spacial score (nSPS) is 21.1. The zero-order valence-corrected chi connectivity index (χ0v) is 18.3. The summed E-state index contributed by atoms with van der Waals surface area (Å²) >= 11 is 0. The number of ether oxygens (including phenoxy) is 2. The number of nitrogens with zero attached hydrogens (tertiary/aromatic N) is 2. The lowest BCUT2D eigenvalue weighted by atomic mass is 9.95. The number of carbonyl (C=O) groups is 4. The second-order valence-electron chi connectivity index (χ2n) is 8.37. The molecule has 9 heteroatoms. The van der Waals surface area contributed by atoms with Gasteiger partial charge in [0.05, 0.1) is 17.9 Å². The number of nitrogens with one attached hydrogen (secondary N) is 1. The number of benzene rings is 1. The number of para-hydroxylation sites is 1. The zero-order chi connectivity index (χ0) is 22.8. The summed E-state index contributed by atoms with van der Waals surface area (Å²) in [5.41, 5.74) is -0.830. The van der Waals surface area contributed by atoms with Crippen molar-refractivity contribution in [2.24, 2.45) is 5.92 Å². The van der Waals surface area contributed by atoms with Crippen molar-refractivity contribution < 1.29 is 28.7 Å². The predicted octanol–water partition coefficient (Wildman–Crippen LogP) is 1.32. The molecule has 2 aliphatic heterocycles. The van der Waals surface area contributed by atoms with Crippen LogP contribution in [-0.2, 0) is 23.9 Å². The Hall–Kier alpha value is -2.94. The van der Waals surface area contributed by atoms with E-state index in [0.717, 1.165) is 0 Å². The van der Waals surface area contributed by atoms with E-state index in [-0.39, 0.29) is 43.2 Å². The Morgan fingerprint density at radius 2 is 1.90 bits per heavy atom. The molecule has 2 unspecified atom stereocenters. The van der Waals surface area contributed by atoms with Crippen LogP contribution in [0.1, 0.15) is 44.0 Å². The molecule has 1 saturated heterocycles. The van der Waals surface area contributed by atoms with Crippen LogP contribution >= 0.6 is 0 Å². The topological polar surface area (TPSA) is 105 Å². The smallest absolute Gasteiger partial charge is 0.354 e. The minimum absolute atomic E-state index is 0.0506. The maximum Gasteiger partial charge on any atom is 0.354 e. The van der Waals surface area contributed by atoms with Crippen LogP contribution in [0.15, 0.2) is 24.3 Å². The molecule has 2 atom stereocenters. The molecule has 0 radical (unpaired) electrons. The first-order chi connectivity index (χ1) is 14.7. The summed E-state index contributed by atoms with van der Waals surface area (Å²) in [6, 6.07) is 6.50. The van der Waals surface area contributed by atoms with Crippen molar-refractivity contribution in [2.75, 3.05) is 31.8 Å². The number of methoxy groups -OCH3 is 1. The van der Waals surface area contributed by atoms with Crippen molar-refractivity contribution in [1.82, 2.24) is 10.2 Å². The standard InChI is InChI=1S/C22H29N3O6/c1-14(2)11-24-20(28)16-7-5-6-8-17(16)25-19(27)9-10-22(24,25)21(29)31-13-18(26)23-15(3)12-30-4/h5-8,14-15H,9-13H2,1-4H3,(H,23,26). The van der Waals surface area contributed by atoms with E-state index in [1.54, 1.807) is 31.2 Å². The van der Waals surface area contributed by atoms with Crippen molar-refractivity contribution in [2.45, 2.75) is 45.3 Å².